The lowest BCUT2D eigenvalue weighted by molar-refractivity contribution is 0.173. The molecule has 0 amide bonds. The Morgan fingerprint density at radius 2 is 2.29 bits per heavy atom. The SMILES string of the molecule is S=c1[nH]nc(C2CC2)n1/N=C\c1cc(Br)c2c(c1)OCO2. The Labute approximate surface area is 133 Å². The van der Waals surface area contributed by atoms with Gasteiger partial charge in [-0.05, 0) is 58.7 Å². The molecule has 0 spiro atoms. The van der Waals surface area contributed by atoms with Gasteiger partial charge in [0.05, 0.1) is 10.7 Å². The van der Waals surface area contributed by atoms with Gasteiger partial charge in [0.25, 0.3) is 0 Å². The molecular weight excluding hydrogens is 356 g/mol. The molecule has 2 aliphatic rings. The maximum absolute atomic E-state index is 5.39. The van der Waals surface area contributed by atoms with Crippen molar-refractivity contribution in [1.82, 2.24) is 14.9 Å². The van der Waals surface area contributed by atoms with Gasteiger partial charge in [-0.25, -0.2) is 0 Å². The van der Waals surface area contributed by atoms with Gasteiger partial charge in [0.2, 0.25) is 11.6 Å². The molecule has 21 heavy (non-hydrogen) atoms. The molecule has 2 heterocycles. The van der Waals surface area contributed by atoms with E-state index < -0.39 is 0 Å². The molecule has 6 nitrogen and oxygen atoms in total. The Hall–Kier alpha value is -1.67. The zero-order valence-electron chi connectivity index (χ0n) is 10.9. The number of H-pyrrole nitrogens is 1. The van der Waals surface area contributed by atoms with E-state index in [2.05, 4.69) is 31.2 Å². The standard InChI is InChI=1S/C13H11BrN4O2S/c14-9-3-7(4-10-11(9)20-6-19-10)5-15-18-12(8-1-2-8)16-17-13(18)21/h3-5,8H,1-2,6H2,(H,17,21)/b15-5-. The highest BCUT2D eigenvalue weighted by Crippen LogP contribution is 2.40. The summed E-state index contributed by atoms with van der Waals surface area (Å²) in [7, 11) is 0. The summed E-state index contributed by atoms with van der Waals surface area (Å²) >= 11 is 8.68. The zero-order valence-corrected chi connectivity index (χ0v) is 13.3. The molecule has 4 rings (SSSR count). The first-order chi connectivity index (χ1) is 10.2. The molecule has 1 fully saturated rings. The van der Waals surface area contributed by atoms with Crippen molar-refractivity contribution in [2.75, 3.05) is 6.79 Å². The summed E-state index contributed by atoms with van der Waals surface area (Å²) < 4.78 is 13.8. The van der Waals surface area contributed by atoms with E-state index in [0.717, 1.165) is 34.5 Å². The topological polar surface area (TPSA) is 64.4 Å². The lowest BCUT2D eigenvalue weighted by atomic mass is 10.2. The average molecular weight is 367 g/mol. The normalized spacial score (nSPS) is 16.8. The third kappa shape index (κ3) is 2.38. The minimum absolute atomic E-state index is 0.243. The maximum atomic E-state index is 5.39. The summed E-state index contributed by atoms with van der Waals surface area (Å²) in [6.45, 7) is 0.243. The van der Waals surface area contributed by atoms with Crippen LogP contribution in [0.2, 0.25) is 0 Å². The minimum atomic E-state index is 0.243. The van der Waals surface area contributed by atoms with Crippen molar-refractivity contribution in [2.24, 2.45) is 5.10 Å². The highest BCUT2D eigenvalue weighted by molar-refractivity contribution is 9.10. The lowest BCUT2D eigenvalue weighted by Gasteiger charge is -2.02. The second-order valence-corrected chi connectivity index (χ2v) is 6.20. The summed E-state index contributed by atoms with van der Waals surface area (Å²) in [5.74, 6) is 2.81. The number of fused-ring (bicyclic) bond motifs is 1. The molecule has 0 unspecified atom stereocenters. The largest absolute Gasteiger partial charge is 0.454 e. The molecular formula is C13H11BrN4O2S. The smallest absolute Gasteiger partial charge is 0.231 e. The third-order valence-electron chi connectivity index (χ3n) is 3.39. The van der Waals surface area contributed by atoms with Crippen LogP contribution in [0.3, 0.4) is 0 Å². The van der Waals surface area contributed by atoms with Crippen molar-refractivity contribution in [3.8, 4) is 11.5 Å². The van der Waals surface area contributed by atoms with Crippen molar-refractivity contribution in [3.05, 3.63) is 32.8 Å². The van der Waals surface area contributed by atoms with Crippen molar-refractivity contribution < 1.29 is 9.47 Å². The molecule has 0 atom stereocenters. The Kier molecular flexibility index (Phi) is 3.07. The second kappa shape index (κ2) is 4.96. The van der Waals surface area contributed by atoms with Crippen LogP contribution in [-0.4, -0.2) is 27.9 Å². The van der Waals surface area contributed by atoms with Crippen LogP contribution in [0.25, 0.3) is 0 Å². The van der Waals surface area contributed by atoms with E-state index in [1.807, 2.05) is 12.1 Å². The van der Waals surface area contributed by atoms with Crippen LogP contribution in [-0.2, 0) is 0 Å². The number of halogens is 1. The Balaban J connectivity index is 1.68. The summed E-state index contributed by atoms with van der Waals surface area (Å²) in [6, 6.07) is 3.81. The fraction of sp³-hybridized carbons (Fsp3) is 0.308. The fourth-order valence-electron chi connectivity index (χ4n) is 2.21. The first-order valence-corrected chi connectivity index (χ1v) is 7.73. The Morgan fingerprint density at radius 3 is 3.10 bits per heavy atom. The molecule has 0 saturated heterocycles. The van der Waals surface area contributed by atoms with E-state index in [1.165, 1.54) is 0 Å². The molecule has 1 N–H and O–H groups in total. The predicted molar refractivity (Wildman–Crippen MR) is 82.6 cm³/mol. The maximum Gasteiger partial charge on any atom is 0.231 e. The average Bonchev–Trinajstić information content (AvgIpc) is 3.07. The van der Waals surface area contributed by atoms with E-state index in [1.54, 1.807) is 10.9 Å². The number of ether oxygens (including phenoxy) is 2. The van der Waals surface area contributed by atoms with Crippen molar-refractivity contribution >= 4 is 34.4 Å². The van der Waals surface area contributed by atoms with Crippen molar-refractivity contribution in [3.63, 3.8) is 0 Å². The summed E-state index contributed by atoms with van der Waals surface area (Å²) in [5.41, 5.74) is 0.899. The van der Waals surface area contributed by atoms with Crippen LogP contribution in [0.5, 0.6) is 11.5 Å². The van der Waals surface area contributed by atoms with Crippen LogP contribution in [0.15, 0.2) is 21.7 Å². The molecule has 1 aliphatic carbocycles. The number of aromatic amines is 1. The predicted octanol–water partition coefficient (Wildman–Crippen LogP) is 3.19. The molecule has 8 heteroatoms. The third-order valence-corrected chi connectivity index (χ3v) is 4.24. The van der Waals surface area contributed by atoms with Gasteiger partial charge in [-0.15, -0.1) is 0 Å². The first-order valence-electron chi connectivity index (χ1n) is 6.53. The van der Waals surface area contributed by atoms with Gasteiger partial charge in [0.1, 0.15) is 0 Å². The van der Waals surface area contributed by atoms with E-state index in [-0.39, 0.29) is 6.79 Å². The summed E-state index contributed by atoms with van der Waals surface area (Å²) in [5, 5.41) is 11.5. The van der Waals surface area contributed by atoms with E-state index in [0.29, 0.717) is 16.4 Å². The Bertz CT molecular complexity index is 794. The van der Waals surface area contributed by atoms with Crippen LogP contribution in [0.1, 0.15) is 30.1 Å². The number of nitrogens with zero attached hydrogens (tertiary/aromatic N) is 3. The number of benzene rings is 1. The van der Waals surface area contributed by atoms with Crippen LogP contribution in [0.4, 0.5) is 0 Å². The van der Waals surface area contributed by atoms with Gasteiger partial charge in [0.15, 0.2) is 17.3 Å². The monoisotopic (exact) mass is 366 g/mol. The van der Waals surface area contributed by atoms with Gasteiger partial charge in [0, 0.05) is 5.92 Å². The van der Waals surface area contributed by atoms with Crippen molar-refractivity contribution in [1.29, 1.82) is 0 Å². The van der Waals surface area contributed by atoms with E-state index >= 15 is 0 Å². The van der Waals surface area contributed by atoms with E-state index in [9.17, 15) is 0 Å². The van der Waals surface area contributed by atoms with Crippen LogP contribution < -0.4 is 9.47 Å². The summed E-state index contributed by atoms with van der Waals surface area (Å²) in [6.07, 6.45) is 4.03. The van der Waals surface area contributed by atoms with Crippen LogP contribution in [0, 0.1) is 4.77 Å². The van der Waals surface area contributed by atoms with Crippen molar-refractivity contribution in [2.45, 2.75) is 18.8 Å². The molecule has 1 aromatic carbocycles. The number of hydrogen-bond donors (Lipinski definition) is 1. The number of aromatic nitrogens is 3. The molecule has 0 radical (unpaired) electrons. The lowest BCUT2D eigenvalue weighted by Crippen LogP contribution is -1.97. The van der Waals surface area contributed by atoms with Gasteiger partial charge in [-0.1, -0.05) is 0 Å². The molecule has 1 saturated carbocycles. The quantitative estimate of drug-likeness (QED) is 0.669. The summed E-state index contributed by atoms with van der Waals surface area (Å²) in [4.78, 5) is 0. The highest BCUT2D eigenvalue weighted by atomic mass is 79.9. The molecule has 1 aromatic heterocycles. The fourth-order valence-corrected chi connectivity index (χ4v) is 2.97. The number of rotatable bonds is 3. The highest BCUT2D eigenvalue weighted by Gasteiger charge is 2.29. The molecule has 108 valence electrons. The van der Waals surface area contributed by atoms with Gasteiger partial charge in [-0.2, -0.15) is 14.9 Å². The van der Waals surface area contributed by atoms with Gasteiger partial charge < -0.3 is 9.47 Å². The molecule has 1 aliphatic heterocycles. The zero-order chi connectivity index (χ0) is 14.4. The first kappa shape index (κ1) is 13.0. The van der Waals surface area contributed by atoms with Gasteiger partial charge >= 0.3 is 0 Å². The molecule has 0 bridgehead atoms. The van der Waals surface area contributed by atoms with E-state index in [4.69, 9.17) is 21.7 Å². The number of nitrogens with one attached hydrogen (secondary N) is 1. The second-order valence-electron chi connectivity index (χ2n) is 4.95. The molecule has 2 aromatic rings. The Morgan fingerprint density at radius 1 is 1.43 bits per heavy atom. The number of hydrogen-bond acceptors (Lipinski definition) is 5. The van der Waals surface area contributed by atoms with Crippen LogP contribution >= 0.6 is 28.1 Å². The van der Waals surface area contributed by atoms with Gasteiger partial charge in [-0.3, -0.25) is 5.10 Å². The minimum Gasteiger partial charge on any atom is -0.454 e.